The zero-order valence-corrected chi connectivity index (χ0v) is 22.2. The molecule has 1 heterocycles. The maximum atomic E-state index is 13.2. The summed E-state index contributed by atoms with van der Waals surface area (Å²) in [4.78, 5) is 26.4. The first-order valence-electron chi connectivity index (χ1n) is 11.8. The van der Waals surface area contributed by atoms with Gasteiger partial charge in [-0.3, -0.25) is 4.79 Å². The fourth-order valence-electron chi connectivity index (χ4n) is 4.03. The molecule has 4 rings (SSSR count). The van der Waals surface area contributed by atoms with Gasteiger partial charge in [0.15, 0.2) is 6.61 Å². The Kier molecular flexibility index (Phi) is 8.66. The van der Waals surface area contributed by atoms with Crippen molar-refractivity contribution < 1.29 is 40.3 Å². The van der Waals surface area contributed by atoms with E-state index >= 15 is 0 Å². The first kappa shape index (κ1) is 29.3. The van der Waals surface area contributed by atoms with Gasteiger partial charge in [-0.25, -0.2) is 17.6 Å². The third kappa shape index (κ3) is 6.90. The van der Waals surface area contributed by atoms with E-state index in [0.29, 0.717) is 19.2 Å². The van der Waals surface area contributed by atoms with Crippen LogP contribution >= 0.6 is 11.6 Å². The minimum atomic E-state index is -4.79. The van der Waals surface area contributed by atoms with Crippen molar-refractivity contribution >= 4 is 44.9 Å². The number of nitrogens with zero attached hydrogens (tertiary/aromatic N) is 2. The van der Waals surface area contributed by atoms with Crippen molar-refractivity contribution in [2.24, 2.45) is 0 Å². The van der Waals surface area contributed by atoms with Crippen LogP contribution in [-0.4, -0.2) is 57.4 Å². The molecular formula is C26H22ClF4N3O5S. The second-order valence-corrected chi connectivity index (χ2v) is 11.1. The number of hydrogen-bond donors (Lipinski definition) is 1. The van der Waals surface area contributed by atoms with Gasteiger partial charge >= 0.3 is 12.1 Å². The number of nitrogens with one attached hydrogen (secondary N) is 1. The van der Waals surface area contributed by atoms with E-state index in [0.717, 1.165) is 23.9 Å². The number of carbonyl (C=O) groups excluding carboxylic acids is 2. The summed E-state index contributed by atoms with van der Waals surface area (Å²) in [5, 5.41) is 1.85. The van der Waals surface area contributed by atoms with Crippen molar-refractivity contribution in [2.45, 2.75) is 11.1 Å². The lowest BCUT2D eigenvalue weighted by Crippen LogP contribution is -2.48. The van der Waals surface area contributed by atoms with Gasteiger partial charge in [-0.15, -0.1) is 0 Å². The number of esters is 1. The highest BCUT2D eigenvalue weighted by molar-refractivity contribution is 7.89. The van der Waals surface area contributed by atoms with E-state index in [2.05, 4.69) is 0 Å². The summed E-state index contributed by atoms with van der Waals surface area (Å²) in [6.07, 6.45) is -4.79. The fraction of sp³-hybridized carbons (Fsp3) is 0.231. The zero-order valence-electron chi connectivity index (χ0n) is 20.6. The van der Waals surface area contributed by atoms with Crippen LogP contribution in [0.5, 0.6) is 0 Å². The highest BCUT2D eigenvalue weighted by Gasteiger charge is 2.34. The molecule has 1 N–H and O–H groups in total. The van der Waals surface area contributed by atoms with Gasteiger partial charge in [0.1, 0.15) is 5.82 Å². The predicted octanol–water partition coefficient (Wildman–Crippen LogP) is 4.80. The molecule has 0 spiro atoms. The first-order valence-corrected chi connectivity index (χ1v) is 13.6. The van der Waals surface area contributed by atoms with Crippen molar-refractivity contribution in [3.05, 3.63) is 88.7 Å². The molecule has 1 fully saturated rings. The second kappa shape index (κ2) is 11.8. The summed E-state index contributed by atoms with van der Waals surface area (Å²) >= 11 is 5.62. The van der Waals surface area contributed by atoms with Crippen LogP contribution < -0.4 is 10.2 Å². The third-order valence-corrected chi connectivity index (χ3v) is 8.16. The molecule has 1 amide bonds. The second-order valence-electron chi connectivity index (χ2n) is 8.71. The molecule has 8 nitrogen and oxygen atoms in total. The Morgan fingerprint density at radius 1 is 0.950 bits per heavy atom. The molecule has 3 aromatic rings. The van der Waals surface area contributed by atoms with Gasteiger partial charge in [-0.2, -0.15) is 17.5 Å². The van der Waals surface area contributed by atoms with Crippen LogP contribution in [0.3, 0.4) is 0 Å². The number of ether oxygens (including phenoxy) is 1. The summed E-state index contributed by atoms with van der Waals surface area (Å²) in [7, 11) is -3.98. The lowest BCUT2D eigenvalue weighted by Gasteiger charge is -2.35. The lowest BCUT2D eigenvalue weighted by atomic mass is 10.1. The van der Waals surface area contributed by atoms with Crippen LogP contribution in [0.2, 0.25) is 5.02 Å². The fourth-order valence-corrected chi connectivity index (χ4v) is 5.67. The highest BCUT2D eigenvalue weighted by Crippen LogP contribution is 2.36. The molecule has 0 unspecified atom stereocenters. The number of alkyl halides is 3. The number of carbonyl (C=O) groups is 2. The third-order valence-electron chi connectivity index (χ3n) is 6.03. The number of halogens is 5. The minimum absolute atomic E-state index is 0.152. The predicted molar refractivity (Wildman–Crippen MR) is 139 cm³/mol. The van der Waals surface area contributed by atoms with Gasteiger partial charge < -0.3 is 15.0 Å². The number of benzene rings is 3. The van der Waals surface area contributed by atoms with Crippen molar-refractivity contribution in [3.63, 3.8) is 0 Å². The Morgan fingerprint density at radius 3 is 2.27 bits per heavy atom. The van der Waals surface area contributed by atoms with E-state index in [1.807, 2.05) is 10.2 Å². The van der Waals surface area contributed by atoms with E-state index in [1.165, 1.54) is 34.6 Å². The van der Waals surface area contributed by atoms with Crippen LogP contribution in [0.4, 0.5) is 28.9 Å². The van der Waals surface area contributed by atoms with Gasteiger partial charge in [0.2, 0.25) is 10.0 Å². The molecule has 0 saturated carbocycles. The number of hydrogen-bond acceptors (Lipinski definition) is 6. The Balaban J connectivity index is 1.37. The quantitative estimate of drug-likeness (QED) is 0.310. The molecule has 40 heavy (non-hydrogen) atoms. The number of anilines is 2. The average molecular weight is 600 g/mol. The molecule has 3 aromatic carbocycles. The summed E-state index contributed by atoms with van der Waals surface area (Å²) < 4.78 is 85.4. The van der Waals surface area contributed by atoms with Crippen molar-refractivity contribution in [1.82, 2.24) is 4.31 Å². The molecule has 1 aliphatic rings. The lowest BCUT2D eigenvalue weighted by molar-refractivity contribution is -0.137. The van der Waals surface area contributed by atoms with E-state index in [9.17, 15) is 35.6 Å². The molecule has 0 radical (unpaired) electrons. The number of piperazine rings is 1. The molecule has 0 bridgehead atoms. The van der Waals surface area contributed by atoms with Gasteiger partial charge in [-0.1, -0.05) is 17.7 Å². The van der Waals surface area contributed by atoms with Gasteiger partial charge in [0.25, 0.3) is 5.91 Å². The van der Waals surface area contributed by atoms with Crippen LogP contribution in [0.1, 0.15) is 15.9 Å². The Hall–Kier alpha value is -3.68. The molecule has 1 aliphatic heterocycles. The maximum absolute atomic E-state index is 13.2. The van der Waals surface area contributed by atoms with E-state index in [4.69, 9.17) is 16.3 Å². The largest absolute Gasteiger partial charge is 0.452 e. The van der Waals surface area contributed by atoms with Gasteiger partial charge in [0, 0.05) is 36.9 Å². The summed E-state index contributed by atoms with van der Waals surface area (Å²) in [5.41, 5.74) is -1.14. The van der Waals surface area contributed by atoms with E-state index in [1.54, 1.807) is 12.1 Å². The smallest absolute Gasteiger partial charge is 0.418 e. The summed E-state index contributed by atoms with van der Waals surface area (Å²) in [5.74, 6) is -2.45. The molecular weight excluding hydrogens is 578 g/mol. The molecule has 0 aliphatic carbocycles. The van der Waals surface area contributed by atoms with Crippen molar-refractivity contribution in [1.29, 1.82) is 0 Å². The summed E-state index contributed by atoms with van der Waals surface area (Å²) in [6, 6.07) is 13.7. The van der Waals surface area contributed by atoms with Crippen LogP contribution in [0, 0.1) is 5.82 Å². The normalized spacial score (nSPS) is 14.6. The minimum Gasteiger partial charge on any atom is -0.452 e. The van der Waals surface area contributed by atoms with E-state index in [-0.39, 0.29) is 34.4 Å². The Morgan fingerprint density at radius 2 is 1.62 bits per heavy atom. The number of rotatable bonds is 7. The topological polar surface area (TPSA) is 96.0 Å². The first-order chi connectivity index (χ1) is 18.8. The van der Waals surface area contributed by atoms with Crippen molar-refractivity contribution in [3.8, 4) is 0 Å². The monoisotopic (exact) mass is 599 g/mol. The Labute approximate surface area is 232 Å². The molecule has 0 aromatic heterocycles. The van der Waals surface area contributed by atoms with Crippen molar-refractivity contribution in [2.75, 3.05) is 43.0 Å². The molecule has 1 saturated heterocycles. The average Bonchev–Trinajstić information content (AvgIpc) is 2.92. The van der Waals surface area contributed by atoms with E-state index < -0.39 is 45.9 Å². The van der Waals surface area contributed by atoms with Gasteiger partial charge in [-0.05, 0) is 60.7 Å². The maximum Gasteiger partial charge on any atom is 0.418 e. The van der Waals surface area contributed by atoms with Crippen LogP contribution in [-0.2, 0) is 25.7 Å². The van der Waals surface area contributed by atoms with Crippen LogP contribution in [0.25, 0.3) is 0 Å². The molecule has 0 atom stereocenters. The highest BCUT2D eigenvalue weighted by atomic mass is 35.5. The standard InChI is InChI=1S/C26H22ClF4N3O5S/c27-18-4-9-23(22(15-18)26(29,30)31)32-24(35)16-39-25(36)17-2-1-3-21(14-17)40(37,38)34-12-10-33(11-13-34)20-7-5-19(28)6-8-20/h1-9,14-15H,10-13,16H2,(H,32,35). The number of sulfonamides is 1. The van der Waals surface area contributed by atoms with Gasteiger partial charge in [0.05, 0.1) is 21.7 Å². The molecule has 14 heteroatoms. The van der Waals surface area contributed by atoms with Crippen LogP contribution in [0.15, 0.2) is 71.6 Å². The SMILES string of the molecule is O=C(COC(=O)c1cccc(S(=O)(=O)N2CCN(c3ccc(F)cc3)CC2)c1)Nc1ccc(Cl)cc1C(F)(F)F. The Bertz CT molecular complexity index is 1510. The summed E-state index contributed by atoms with van der Waals surface area (Å²) in [6.45, 7) is 0.121. The molecule has 212 valence electrons. The number of amides is 1. The zero-order chi connectivity index (χ0) is 29.1.